The van der Waals surface area contributed by atoms with Crippen LogP contribution in [-0.4, -0.2) is 25.9 Å². The molecule has 0 unspecified atom stereocenters. The molecule has 2 aromatic rings. The smallest absolute Gasteiger partial charge is 0.235 e. The molecule has 1 amide bonds. The van der Waals surface area contributed by atoms with Gasteiger partial charge < -0.3 is 5.32 Å². The summed E-state index contributed by atoms with van der Waals surface area (Å²) in [7, 11) is -3.72. The number of pyridine rings is 1. The molecule has 24 heavy (non-hydrogen) atoms. The Morgan fingerprint density at radius 2 is 1.96 bits per heavy atom. The molecule has 0 aliphatic rings. The first-order valence-electron chi connectivity index (χ1n) is 6.93. The van der Waals surface area contributed by atoms with E-state index in [2.05, 4.69) is 15.0 Å². The van der Waals surface area contributed by atoms with E-state index in [4.69, 9.17) is 23.2 Å². The Bertz CT molecular complexity index is 814. The zero-order valence-electron chi connectivity index (χ0n) is 12.5. The molecule has 9 heteroatoms. The Morgan fingerprint density at radius 3 is 2.67 bits per heavy atom. The second-order valence-electron chi connectivity index (χ2n) is 4.91. The van der Waals surface area contributed by atoms with Crippen LogP contribution < -0.4 is 10.0 Å². The topological polar surface area (TPSA) is 88.2 Å². The van der Waals surface area contributed by atoms with Gasteiger partial charge in [0.25, 0.3) is 0 Å². The van der Waals surface area contributed by atoms with Crippen molar-refractivity contribution < 1.29 is 13.2 Å². The molecule has 0 spiro atoms. The third kappa shape index (κ3) is 6.09. The minimum absolute atomic E-state index is 0.224. The molecule has 0 saturated heterocycles. The second kappa shape index (κ2) is 8.43. The number of carbonyl (C=O) groups excluding carboxylic acids is 1. The third-order valence-electron chi connectivity index (χ3n) is 3.00. The van der Waals surface area contributed by atoms with Gasteiger partial charge in [-0.3, -0.25) is 9.78 Å². The first kappa shape index (κ1) is 18.7. The number of benzene rings is 1. The minimum atomic E-state index is -3.72. The number of rotatable bonds is 7. The van der Waals surface area contributed by atoms with Gasteiger partial charge in [0.2, 0.25) is 15.9 Å². The van der Waals surface area contributed by atoms with E-state index in [1.807, 2.05) is 0 Å². The maximum atomic E-state index is 12.0. The van der Waals surface area contributed by atoms with Gasteiger partial charge >= 0.3 is 0 Å². The number of amides is 1. The average molecular weight is 388 g/mol. The number of aromatic nitrogens is 1. The minimum Gasteiger partial charge on any atom is -0.349 e. The fraction of sp³-hybridized carbons (Fsp3) is 0.200. The Morgan fingerprint density at radius 1 is 1.17 bits per heavy atom. The molecule has 0 aliphatic carbocycles. The molecule has 0 saturated carbocycles. The van der Waals surface area contributed by atoms with E-state index in [1.165, 1.54) is 12.1 Å². The highest BCUT2D eigenvalue weighted by Gasteiger charge is 2.15. The first-order chi connectivity index (χ1) is 11.4. The van der Waals surface area contributed by atoms with Gasteiger partial charge in [-0.05, 0) is 35.9 Å². The Hall–Kier alpha value is -1.67. The molecule has 1 heterocycles. The third-order valence-corrected chi connectivity index (χ3v) is 4.88. The van der Waals surface area contributed by atoms with E-state index < -0.39 is 15.9 Å². The zero-order valence-corrected chi connectivity index (χ0v) is 14.8. The normalized spacial score (nSPS) is 11.2. The van der Waals surface area contributed by atoms with Crippen LogP contribution in [0.15, 0.2) is 42.6 Å². The summed E-state index contributed by atoms with van der Waals surface area (Å²) < 4.78 is 26.3. The summed E-state index contributed by atoms with van der Waals surface area (Å²) >= 11 is 11.8. The molecule has 2 rings (SSSR count). The molecule has 1 aromatic heterocycles. The molecule has 1 aromatic carbocycles. The molecular formula is C15H15Cl2N3O3S. The largest absolute Gasteiger partial charge is 0.349 e. The fourth-order valence-corrected chi connectivity index (χ4v) is 3.40. The average Bonchev–Trinajstić information content (AvgIpc) is 2.55. The van der Waals surface area contributed by atoms with Crippen LogP contribution in [0, 0.1) is 0 Å². The molecule has 0 bridgehead atoms. The number of carbonyl (C=O) groups is 1. The van der Waals surface area contributed by atoms with Crippen molar-refractivity contribution in [3.63, 3.8) is 0 Å². The molecule has 2 N–H and O–H groups in total. The number of nitrogens with zero attached hydrogens (tertiary/aromatic N) is 1. The standard InChI is InChI=1S/C15H15Cl2N3O3S/c16-12-4-5-14(17)11(7-12)10-24(22,23)20-9-15(21)19-8-13-3-1-2-6-18-13/h1-7,20H,8-10H2,(H,19,21). The van der Waals surface area contributed by atoms with Crippen LogP contribution in [0.5, 0.6) is 0 Å². The predicted molar refractivity (Wildman–Crippen MR) is 93.2 cm³/mol. The lowest BCUT2D eigenvalue weighted by atomic mass is 10.2. The van der Waals surface area contributed by atoms with Gasteiger partial charge in [0.05, 0.1) is 24.5 Å². The van der Waals surface area contributed by atoms with E-state index in [1.54, 1.807) is 30.5 Å². The van der Waals surface area contributed by atoms with Crippen molar-refractivity contribution in [3.05, 3.63) is 63.9 Å². The summed E-state index contributed by atoms with van der Waals surface area (Å²) in [5.41, 5.74) is 1.05. The van der Waals surface area contributed by atoms with Crippen molar-refractivity contribution in [2.24, 2.45) is 0 Å². The van der Waals surface area contributed by atoms with E-state index in [0.29, 0.717) is 21.3 Å². The quantitative estimate of drug-likeness (QED) is 0.761. The zero-order chi connectivity index (χ0) is 17.6. The molecule has 6 nitrogen and oxygen atoms in total. The Balaban J connectivity index is 1.85. The van der Waals surface area contributed by atoms with Crippen LogP contribution in [-0.2, 0) is 27.1 Å². The molecule has 0 atom stereocenters. The SMILES string of the molecule is O=C(CNS(=O)(=O)Cc1cc(Cl)ccc1Cl)NCc1ccccn1. The Labute approximate surface area is 150 Å². The van der Waals surface area contributed by atoms with Crippen LogP contribution in [0.4, 0.5) is 0 Å². The van der Waals surface area contributed by atoms with Gasteiger partial charge in [-0.15, -0.1) is 0 Å². The van der Waals surface area contributed by atoms with Crippen molar-refractivity contribution in [2.45, 2.75) is 12.3 Å². The van der Waals surface area contributed by atoms with Gasteiger partial charge in [-0.25, -0.2) is 13.1 Å². The van der Waals surface area contributed by atoms with Crippen molar-refractivity contribution >= 4 is 39.1 Å². The van der Waals surface area contributed by atoms with Crippen molar-refractivity contribution in [2.75, 3.05) is 6.54 Å². The maximum Gasteiger partial charge on any atom is 0.235 e. The number of nitrogens with one attached hydrogen (secondary N) is 2. The summed E-state index contributed by atoms with van der Waals surface area (Å²) in [5.74, 6) is -0.818. The number of halogens is 2. The molecule has 128 valence electrons. The van der Waals surface area contributed by atoms with Gasteiger partial charge in [0.1, 0.15) is 0 Å². The highest BCUT2D eigenvalue weighted by atomic mass is 35.5. The lowest BCUT2D eigenvalue weighted by Crippen LogP contribution is -2.37. The maximum absolute atomic E-state index is 12.0. The van der Waals surface area contributed by atoms with Gasteiger partial charge in [-0.1, -0.05) is 29.3 Å². The molecule has 0 aliphatic heterocycles. The number of hydrogen-bond acceptors (Lipinski definition) is 4. The van der Waals surface area contributed by atoms with E-state index >= 15 is 0 Å². The Kier molecular flexibility index (Phi) is 6.56. The van der Waals surface area contributed by atoms with Crippen LogP contribution in [0.1, 0.15) is 11.3 Å². The summed E-state index contributed by atoms with van der Waals surface area (Å²) in [4.78, 5) is 15.8. The highest BCUT2D eigenvalue weighted by molar-refractivity contribution is 7.88. The van der Waals surface area contributed by atoms with Crippen LogP contribution >= 0.6 is 23.2 Å². The summed E-state index contributed by atoms with van der Waals surface area (Å²) in [6.45, 7) is -0.144. The summed E-state index contributed by atoms with van der Waals surface area (Å²) in [5, 5.41) is 3.26. The summed E-state index contributed by atoms with van der Waals surface area (Å²) in [6, 6.07) is 9.88. The predicted octanol–water partition coefficient (Wildman–Crippen LogP) is 2.12. The lowest BCUT2D eigenvalue weighted by Gasteiger charge is -2.09. The molecular weight excluding hydrogens is 373 g/mol. The van der Waals surface area contributed by atoms with E-state index in [0.717, 1.165) is 0 Å². The van der Waals surface area contributed by atoms with Gasteiger partial charge in [0.15, 0.2) is 0 Å². The summed E-state index contributed by atoms with van der Waals surface area (Å²) in [6.07, 6.45) is 1.61. The highest BCUT2D eigenvalue weighted by Crippen LogP contribution is 2.22. The van der Waals surface area contributed by atoms with Crippen molar-refractivity contribution in [1.82, 2.24) is 15.0 Å². The number of hydrogen-bond donors (Lipinski definition) is 2. The van der Waals surface area contributed by atoms with Crippen LogP contribution in [0.3, 0.4) is 0 Å². The second-order valence-corrected chi connectivity index (χ2v) is 7.56. The fourth-order valence-electron chi connectivity index (χ4n) is 1.84. The number of sulfonamides is 1. The van der Waals surface area contributed by atoms with Crippen LogP contribution in [0.25, 0.3) is 0 Å². The van der Waals surface area contributed by atoms with E-state index in [-0.39, 0.29) is 18.8 Å². The molecule has 0 radical (unpaired) electrons. The van der Waals surface area contributed by atoms with Crippen molar-refractivity contribution in [3.8, 4) is 0 Å². The van der Waals surface area contributed by atoms with Gasteiger partial charge in [-0.2, -0.15) is 0 Å². The molecule has 0 fully saturated rings. The lowest BCUT2D eigenvalue weighted by molar-refractivity contribution is -0.120. The van der Waals surface area contributed by atoms with Gasteiger partial charge in [0, 0.05) is 16.2 Å². The van der Waals surface area contributed by atoms with Crippen molar-refractivity contribution in [1.29, 1.82) is 0 Å². The van der Waals surface area contributed by atoms with E-state index in [9.17, 15) is 13.2 Å². The monoisotopic (exact) mass is 387 g/mol. The van der Waals surface area contributed by atoms with Crippen LogP contribution in [0.2, 0.25) is 10.0 Å². The first-order valence-corrected chi connectivity index (χ1v) is 9.34.